The zero-order valence-corrected chi connectivity index (χ0v) is 8.78. The maximum atomic E-state index is 11.9. The number of hydrogen-bond donors (Lipinski definition) is 1. The fraction of sp³-hybridized carbons (Fsp3) is 0.182. The number of ketones is 1. The summed E-state index contributed by atoms with van der Waals surface area (Å²) in [6.07, 6.45) is -4.86. The molecule has 0 aliphatic rings. The highest BCUT2D eigenvalue weighted by molar-refractivity contribution is 5.99. The molecule has 92 valence electrons. The molecular formula is C11H9F3O3. The number of allylic oxidation sites excluding steroid dienone is 1. The molecule has 0 aromatic heterocycles. The van der Waals surface area contributed by atoms with Gasteiger partial charge in [-0.2, -0.15) is 13.2 Å². The molecule has 0 radical (unpaired) electrons. The largest absolute Gasteiger partial charge is 0.507 e. The maximum absolute atomic E-state index is 11.9. The van der Waals surface area contributed by atoms with Gasteiger partial charge in [-0.25, -0.2) is 0 Å². The van der Waals surface area contributed by atoms with Crippen molar-refractivity contribution in [1.29, 1.82) is 0 Å². The zero-order valence-electron chi connectivity index (χ0n) is 8.78. The smallest absolute Gasteiger partial charge is 0.454 e. The molecular weight excluding hydrogens is 237 g/mol. The topological polar surface area (TPSA) is 46.5 Å². The number of aliphatic hydroxyl groups is 1. The van der Waals surface area contributed by atoms with E-state index in [1.807, 2.05) is 0 Å². The van der Waals surface area contributed by atoms with E-state index in [2.05, 4.69) is 0 Å². The monoisotopic (exact) mass is 246 g/mol. The summed E-state index contributed by atoms with van der Waals surface area (Å²) in [5, 5.41) is 9.36. The number of aliphatic hydroxyl groups excluding tert-OH is 1. The zero-order chi connectivity index (χ0) is 13.1. The van der Waals surface area contributed by atoms with Gasteiger partial charge in [0.1, 0.15) is 11.5 Å². The van der Waals surface area contributed by atoms with Crippen LogP contribution in [0.25, 0.3) is 5.76 Å². The second kappa shape index (κ2) is 4.90. The lowest BCUT2D eigenvalue weighted by molar-refractivity contribution is -0.165. The molecule has 0 heterocycles. The summed E-state index contributed by atoms with van der Waals surface area (Å²) in [5.41, 5.74) is 0.0713. The Morgan fingerprint density at radius 1 is 1.41 bits per heavy atom. The van der Waals surface area contributed by atoms with Crippen LogP contribution in [0.1, 0.15) is 5.56 Å². The molecule has 6 heteroatoms. The summed E-state index contributed by atoms with van der Waals surface area (Å²) in [6.45, 7) is 0. The molecule has 1 aromatic rings. The lowest BCUT2D eigenvalue weighted by atomic mass is 10.1. The average molecular weight is 246 g/mol. The van der Waals surface area contributed by atoms with Gasteiger partial charge in [-0.1, -0.05) is 12.1 Å². The number of methoxy groups -OCH3 is 1. The molecule has 0 saturated heterocycles. The highest BCUT2D eigenvalue weighted by Crippen LogP contribution is 2.21. The maximum Gasteiger partial charge on any atom is 0.454 e. The molecule has 0 fully saturated rings. The van der Waals surface area contributed by atoms with Gasteiger partial charge >= 0.3 is 6.18 Å². The van der Waals surface area contributed by atoms with Crippen molar-refractivity contribution in [2.24, 2.45) is 0 Å². The molecule has 0 spiro atoms. The van der Waals surface area contributed by atoms with Gasteiger partial charge in [0.15, 0.2) is 0 Å². The van der Waals surface area contributed by atoms with Crippen molar-refractivity contribution in [2.45, 2.75) is 6.18 Å². The number of ether oxygens (including phenoxy) is 1. The first kappa shape index (κ1) is 13.1. The highest BCUT2D eigenvalue weighted by Gasteiger charge is 2.36. The summed E-state index contributed by atoms with van der Waals surface area (Å²) < 4.78 is 40.7. The van der Waals surface area contributed by atoms with Gasteiger partial charge in [0.25, 0.3) is 5.78 Å². The van der Waals surface area contributed by atoms with E-state index in [1.165, 1.54) is 25.3 Å². The first-order valence-corrected chi connectivity index (χ1v) is 4.51. The van der Waals surface area contributed by atoms with E-state index in [9.17, 15) is 23.1 Å². The average Bonchev–Trinajstić information content (AvgIpc) is 2.27. The van der Waals surface area contributed by atoms with Crippen LogP contribution < -0.4 is 4.74 Å². The van der Waals surface area contributed by atoms with Crippen LogP contribution in [0.15, 0.2) is 30.3 Å². The lowest BCUT2D eigenvalue weighted by Crippen LogP contribution is -2.20. The molecule has 0 atom stereocenters. The van der Waals surface area contributed by atoms with Crippen molar-refractivity contribution in [3.63, 3.8) is 0 Å². The van der Waals surface area contributed by atoms with Crippen LogP contribution in [0.2, 0.25) is 0 Å². The minimum atomic E-state index is -4.99. The van der Waals surface area contributed by atoms with Crippen LogP contribution >= 0.6 is 0 Å². The Hall–Kier alpha value is -1.98. The van der Waals surface area contributed by atoms with E-state index >= 15 is 0 Å². The minimum absolute atomic E-state index is 0.0713. The second-order valence-corrected chi connectivity index (χ2v) is 3.12. The molecule has 0 aliphatic carbocycles. The number of halogens is 3. The molecule has 0 amide bonds. The second-order valence-electron chi connectivity index (χ2n) is 3.12. The van der Waals surface area contributed by atoms with E-state index in [1.54, 1.807) is 6.07 Å². The van der Waals surface area contributed by atoms with Gasteiger partial charge in [0.05, 0.1) is 7.11 Å². The van der Waals surface area contributed by atoms with Gasteiger partial charge in [-0.3, -0.25) is 4.79 Å². The standard InChI is InChI=1S/C11H9F3O3/c1-17-8-4-2-3-7(5-8)9(15)6-10(16)11(12,13)14/h2-6,15H,1H3/b9-6-. The van der Waals surface area contributed by atoms with Crippen LogP contribution in [-0.2, 0) is 4.79 Å². The van der Waals surface area contributed by atoms with Crippen LogP contribution in [0, 0.1) is 0 Å². The highest BCUT2D eigenvalue weighted by atomic mass is 19.4. The Balaban J connectivity index is 3.00. The van der Waals surface area contributed by atoms with E-state index in [0.717, 1.165) is 0 Å². The third-order valence-corrected chi connectivity index (χ3v) is 1.91. The van der Waals surface area contributed by atoms with Gasteiger partial charge in [-0.05, 0) is 12.1 Å². The van der Waals surface area contributed by atoms with Crippen molar-refractivity contribution in [3.05, 3.63) is 35.9 Å². The van der Waals surface area contributed by atoms with Crippen molar-refractivity contribution >= 4 is 11.5 Å². The Morgan fingerprint density at radius 2 is 2.06 bits per heavy atom. The van der Waals surface area contributed by atoms with Crippen molar-refractivity contribution in [1.82, 2.24) is 0 Å². The number of carbonyl (C=O) groups excluding carboxylic acids is 1. The molecule has 0 aliphatic heterocycles. The summed E-state index contributed by atoms with van der Waals surface area (Å²) in [4.78, 5) is 10.6. The molecule has 3 nitrogen and oxygen atoms in total. The summed E-state index contributed by atoms with van der Waals surface area (Å²) in [7, 11) is 1.38. The summed E-state index contributed by atoms with van der Waals surface area (Å²) >= 11 is 0. The SMILES string of the molecule is COc1cccc(/C(O)=C/C(=O)C(F)(F)F)c1. The molecule has 0 bridgehead atoms. The quantitative estimate of drug-likeness (QED) is 0.658. The van der Waals surface area contributed by atoms with Crippen LogP contribution in [0.5, 0.6) is 5.75 Å². The predicted octanol–water partition coefficient (Wildman–Crippen LogP) is 2.73. The molecule has 1 aromatic carbocycles. The van der Waals surface area contributed by atoms with Crippen LogP contribution in [-0.4, -0.2) is 24.2 Å². The van der Waals surface area contributed by atoms with Gasteiger partial charge < -0.3 is 9.84 Å². The fourth-order valence-corrected chi connectivity index (χ4v) is 1.07. The minimum Gasteiger partial charge on any atom is -0.507 e. The number of benzene rings is 1. The number of alkyl halides is 3. The Kier molecular flexibility index (Phi) is 3.77. The first-order chi connectivity index (χ1) is 7.84. The number of hydrogen-bond acceptors (Lipinski definition) is 3. The van der Waals surface area contributed by atoms with Crippen LogP contribution in [0.3, 0.4) is 0 Å². The third-order valence-electron chi connectivity index (χ3n) is 1.91. The molecule has 0 saturated carbocycles. The third kappa shape index (κ3) is 3.51. The lowest BCUT2D eigenvalue weighted by Gasteiger charge is -2.04. The summed E-state index contributed by atoms with van der Waals surface area (Å²) in [6, 6.07) is 5.71. The van der Waals surface area contributed by atoms with Crippen LogP contribution in [0.4, 0.5) is 13.2 Å². The van der Waals surface area contributed by atoms with Crippen molar-refractivity contribution < 1.29 is 27.8 Å². The van der Waals surface area contributed by atoms with E-state index in [4.69, 9.17) is 4.74 Å². The Labute approximate surface area is 95.1 Å². The van der Waals surface area contributed by atoms with E-state index in [0.29, 0.717) is 5.75 Å². The number of carbonyl (C=O) groups is 1. The van der Waals surface area contributed by atoms with E-state index in [-0.39, 0.29) is 11.6 Å². The molecule has 1 N–H and O–H groups in total. The fourth-order valence-electron chi connectivity index (χ4n) is 1.07. The Bertz CT molecular complexity index is 450. The number of rotatable bonds is 3. The molecule has 1 rings (SSSR count). The Morgan fingerprint density at radius 3 is 2.59 bits per heavy atom. The van der Waals surface area contributed by atoms with Gasteiger partial charge in [-0.15, -0.1) is 0 Å². The molecule has 0 unspecified atom stereocenters. The summed E-state index contributed by atoms with van der Waals surface area (Å²) in [5.74, 6) is -2.51. The van der Waals surface area contributed by atoms with Crippen molar-refractivity contribution in [3.8, 4) is 5.75 Å². The first-order valence-electron chi connectivity index (χ1n) is 4.51. The predicted molar refractivity (Wildman–Crippen MR) is 54.7 cm³/mol. The van der Waals surface area contributed by atoms with Crippen molar-refractivity contribution in [2.75, 3.05) is 7.11 Å². The van der Waals surface area contributed by atoms with Gasteiger partial charge in [0, 0.05) is 11.6 Å². The van der Waals surface area contributed by atoms with E-state index < -0.39 is 17.7 Å². The normalized spacial score (nSPS) is 12.4. The van der Waals surface area contributed by atoms with Gasteiger partial charge in [0.2, 0.25) is 0 Å². The molecule has 17 heavy (non-hydrogen) atoms.